The minimum Gasteiger partial charge on any atom is -0.490 e. The Balaban J connectivity index is 1.44. The van der Waals surface area contributed by atoms with Gasteiger partial charge in [0.2, 0.25) is 0 Å². The Morgan fingerprint density at radius 1 is 1.21 bits per heavy atom. The van der Waals surface area contributed by atoms with Gasteiger partial charge in [-0.05, 0) is 64.0 Å². The lowest BCUT2D eigenvalue weighted by atomic mass is 10.1. The van der Waals surface area contributed by atoms with Crippen LogP contribution in [0.4, 0.5) is 21.6 Å². The number of aromatic nitrogens is 3. The molecule has 2 aromatic carbocycles. The molecule has 0 atom stereocenters. The van der Waals surface area contributed by atoms with E-state index in [0.717, 1.165) is 19.2 Å². The van der Waals surface area contributed by atoms with Crippen molar-refractivity contribution in [1.82, 2.24) is 19.9 Å². The highest BCUT2D eigenvalue weighted by atomic mass is 19.1. The summed E-state index contributed by atoms with van der Waals surface area (Å²) >= 11 is 0. The van der Waals surface area contributed by atoms with Gasteiger partial charge < -0.3 is 30.0 Å². The van der Waals surface area contributed by atoms with Crippen molar-refractivity contribution in [2.24, 2.45) is 10.9 Å². The molecule has 0 saturated heterocycles. The minimum atomic E-state index is -0.524. The van der Waals surface area contributed by atoms with Crippen molar-refractivity contribution < 1.29 is 18.7 Å². The van der Waals surface area contributed by atoms with Crippen LogP contribution >= 0.6 is 0 Å². The summed E-state index contributed by atoms with van der Waals surface area (Å²) in [5.74, 6) is 6.47. The van der Waals surface area contributed by atoms with Gasteiger partial charge in [0, 0.05) is 41.7 Å². The molecule has 1 saturated carbocycles. The first kappa shape index (κ1) is 29.2. The number of aromatic amines is 1. The molecule has 4 N–H and O–H groups in total. The molecule has 0 radical (unpaired) electrons. The Morgan fingerprint density at radius 3 is 2.81 bits per heavy atom. The first-order valence-electron chi connectivity index (χ1n) is 13.6. The average Bonchev–Trinajstić information content (AvgIpc) is 3.81. The molecule has 1 aliphatic rings. The summed E-state index contributed by atoms with van der Waals surface area (Å²) in [4.78, 5) is 30.1. The van der Waals surface area contributed by atoms with E-state index in [1.165, 1.54) is 6.33 Å². The molecule has 12 heteroatoms. The Hall–Kier alpha value is -5.28. The van der Waals surface area contributed by atoms with Crippen molar-refractivity contribution >= 4 is 40.3 Å². The lowest BCUT2D eigenvalue weighted by molar-refractivity contribution is -0.111. The predicted molar refractivity (Wildman–Crippen MR) is 162 cm³/mol. The van der Waals surface area contributed by atoms with Gasteiger partial charge in [-0.25, -0.2) is 19.4 Å². The predicted octanol–water partition coefficient (Wildman–Crippen LogP) is 4.74. The van der Waals surface area contributed by atoms with E-state index in [-0.39, 0.29) is 17.2 Å². The summed E-state index contributed by atoms with van der Waals surface area (Å²) in [6.45, 7) is 2.68. The fourth-order valence-corrected chi connectivity index (χ4v) is 4.06. The molecule has 11 nitrogen and oxygen atoms in total. The van der Waals surface area contributed by atoms with E-state index in [2.05, 4.69) is 42.4 Å². The van der Waals surface area contributed by atoms with Gasteiger partial charge in [0.15, 0.2) is 5.82 Å². The summed E-state index contributed by atoms with van der Waals surface area (Å²) in [5, 5.41) is 13.6. The molecule has 5 rings (SSSR count). The Labute approximate surface area is 247 Å². The van der Waals surface area contributed by atoms with Crippen LogP contribution in [0.15, 0.2) is 53.9 Å². The van der Waals surface area contributed by atoms with Gasteiger partial charge in [-0.15, -0.1) is 0 Å². The van der Waals surface area contributed by atoms with Crippen molar-refractivity contribution in [3.63, 3.8) is 0 Å². The fraction of sp³-hybridized carbons (Fsp3) is 0.258. The second-order valence-corrected chi connectivity index (χ2v) is 10.2. The fourth-order valence-electron chi connectivity index (χ4n) is 4.06. The molecule has 1 aliphatic carbocycles. The van der Waals surface area contributed by atoms with Crippen molar-refractivity contribution in [3.8, 4) is 29.1 Å². The second-order valence-electron chi connectivity index (χ2n) is 10.2. The largest absolute Gasteiger partial charge is 0.490 e. The second kappa shape index (κ2) is 13.1. The Bertz CT molecular complexity index is 1800. The first-order valence-corrected chi connectivity index (χ1v) is 13.6. The van der Waals surface area contributed by atoms with E-state index in [0.29, 0.717) is 58.3 Å². The topological polar surface area (TPSA) is 141 Å². The number of anilines is 3. The number of hydrogen-bond acceptors (Lipinski definition) is 8. The lowest BCUT2D eigenvalue weighted by Gasteiger charge is -2.17. The first-order chi connectivity index (χ1) is 20.8. The molecular weight excluding hydrogens is 551 g/mol. The third kappa shape index (κ3) is 7.52. The molecule has 4 aromatic rings. The molecule has 2 aromatic heterocycles. The highest BCUT2D eigenvalue weighted by Gasteiger charge is 2.19. The molecule has 0 bridgehead atoms. The number of hydrogen-bond donors (Lipinski definition) is 4. The summed E-state index contributed by atoms with van der Waals surface area (Å²) in [6, 6.07) is 9.90. The average molecular weight is 583 g/mol. The van der Waals surface area contributed by atoms with Gasteiger partial charge >= 0.3 is 0 Å². The molecule has 0 spiro atoms. The number of H-pyrrole nitrogens is 1. The van der Waals surface area contributed by atoms with E-state index in [1.807, 2.05) is 19.0 Å². The third-order valence-electron chi connectivity index (χ3n) is 6.53. The number of carbonyl (C=O) groups is 1. The van der Waals surface area contributed by atoms with Crippen LogP contribution in [0.1, 0.15) is 18.4 Å². The normalized spacial score (nSPS) is 12.9. The highest BCUT2D eigenvalue weighted by Crippen LogP contribution is 2.36. The number of likely N-dealkylation sites (N-methyl/N-ethyl adjacent to an activating group) is 1. The van der Waals surface area contributed by atoms with Crippen LogP contribution in [-0.2, 0) is 4.79 Å². The molecule has 43 heavy (non-hydrogen) atoms. The molecule has 220 valence electrons. The smallest absolute Gasteiger partial charge is 0.300 e. The highest BCUT2D eigenvalue weighted by molar-refractivity contribution is 6.06. The number of rotatable bonds is 10. The van der Waals surface area contributed by atoms with E-state index in [4.69, 9.17) is 14.9 Å². The molecule has 0 unspecified atom stereocenters. The standard InChI is InChI=1S/C31H31FN8O3/c1-19-26(43-21-10-11-34-28(14-21)35-17-33)8-7-23(30(19)32)39-31-22-15-25(38-29(41)9-6-20-4-5-20)27(42-13-12-40(2)3)16-24(22)36-18-37-31/h7-8,10-11,14-18,20H,4-5,12-13H2,1-3H3,(H,38,41)(H2,33,34,35)(H,36,37,39). The van der Waals surface area contributed by atoms with Crippen LogP contribution < -0.4 is 25.6 Å². The molecule has 2 heterocycles. The van der Waals surface area contributed by atoms with Gasteiger partial charge in [-0.2, -0.15) is 0 Å². The minimum absolute atomic E-state index is 0.179. The zero-order valence-electron chi connectivity index (χ0n) is 24.0. The molecule has 1 fully saturated rings. The number of halogens is 1. The van der Waals surface area contributed by atoms with Gasteiger partial charge in [0.1, 0.15) is 47.8 Å². The van der Waals surface area contributed by atoms with Gasteiger partial charge in [-0.1, -0.05) is 5.92 Å². The van der Waals surface area contributed by atoms with E-state index in [1.54, 1.807) is 49.5 Å². The number of amides is 1. The number of nitrogens with one attached hydrogen (secondary N) is 4. The van der Waals surface area contributed by atoms with Crippen molar-refractivity contribution in [3.05, 3.63) is 65.8 Å². The van der Waals surface area contributed by atoms with Crippen LogP contribution in [0.5, 0.6) is 17.2 Å². The number of ether oxygens (including phenoxy) is 2. The Morgan fingerprint density at radius 2 is 2.05 bits per heavy atom. The van der Waals surface area contributed by atoms with E-state index >= 15 is 4.39 Å². The van der Waals surface area contributed by atoms with Gasteiger partial charge in [-0.3, -0.25) is 10.2 Å². The number of carbonyl (C=O) groups excluding carboxylic acids is 1. The third-order valence-corrected chi connectivity index (χ3v) is 6.53. The molecule has 1 amide bonds. The Kier molecular flexibility index (Phi) is 8.93. The maximum Gasteiger partial charge on any atom is 0.300 e. The zero-order valence-corrected chi connectivity index (χ0v) is 24.0. The SMILES string of the molecule is Cc1c(Oc2cc[nH]/c(=N\C=N)c2)ccc(Nc2ncnc3cc(OCCN(C)C)c(NC(=O)C#CC4CC4)cc23)c1F. The van der Waals surface area contributed by atoms with Crippen LogP contribution in [-0.4, -0.2) is 59.3 Å². The lowest BCUT2D eigenvalue weighted by Crippen LogP contribution is -2.20. The van der Waals surface area contributed by atoms with Gasteiger partial charge in [0.25, 0.3) is 5.91 Å². The van der Waals surface area contributed by atoms with Crippen LogP contribution in [0.25, 0.3) is 10.9 Å². The number of fused-ring (bicyclic) bond motifs is 1. The summed E-state index contributed by atoms with van der Waals surface area (Å²) in [5.41, 5.74) is 1.84. The van der Waals surface area contributed by atoms with Crippen molar-refractivity contribution in [2.45, 2.75) is 19.8 Å². The van der Waals surface area contributed by atoms with Gasteiger partial charge in [0.05, 0.1) is 16.9 Å². The zero-order chi connectivity index (χ0) is 30.3. The van der Waals surface area contributed by atoms with Crippen LogP contribution in [0, 0.1) is 35.9 Å². The van der Waals surface area contributed by atoms with E-state index in [9.17, 15) is 4.79 Å². The van der Waals surface area contributed by atoms with Crippen molar-refractivity contribution in [2.75, 3.05) is 37.9 Å². The number of pyridine rings is 1. The summed E-state index contributed by atoms with van der Waals surface area (Å²) in [6.07, 6.45) is 5.93. The maximum absolute atomic E-state index is 15.6. The van der Waals surface area contributed by atoms with E-state index < -0.39 is 11.7 Å². The number of nitrogens with zero attached hydrogens (tertiary/aromatic N) is 4. The monoisotopic (exact) mass is 582 g/mol. The molecule has 0 aliphatic heterocycles. The molecular formula is C31H31FN8O3. The summed E-state index contributed by atoms with van der Waals surface area (Å²) < 4.78 is 27.5. The quantitative estimate of drug-likeness (QED) is 0.120. The van der Waals surface area contributed by atoms with Crippen LogP contribution in [0.3, 0.4) is 0 Å². The van der Waals surface area contributed by atoms with Crippen molar-refractivity contribution in [1.29, 1.82) is 5.41 Å². The maximum atomic E-state index is 15.6. The summed E-state index contributed by atoms with van der Waals surface area (Å²) in [7, 11) is 3.88. The number of benzene rings is 2. The van der Waals surface area contributed by atoms with Crippen LogP contribution in [0.2, 0.25) is 0 Å².